The molecule has 1 heterocycles. The van der Waals surface area contributed by atoms with Crippen molar-refractivity contribution in [1.29, 1.82) is 0 Å². The Kier molecular flexibility index (Phi) is 3.93. The lowest BCUT2D eigenvalue weighted by Crippen LogP contribution is -2.27. The topological polar surface area (TPSA) is 49.4 Å². The fraction of sp³-hybridized carbons (Fsp3) is 0.158. The van der Waals surface area contributed by atoms with Gasteiger partial charge in [0.2, 0.25) is 0 Å². The van der Waals surface area contributed by atoms with Gasteiger partial charge in [0.05, 0.1) is 5.57 Å². The van der Waals surface area contributed by atoms with Gasteiger partial charge in [0, 0.05) is 12.7 Å². The minimum atomic E-state index is -0.404. The third-order valence-corrected chi connectivity index (χ3v) is 3.91. The van der Waals surface area contributed by atoms with E-state index in [4.69, 9.17) is 0 Å². The highest BCUT2D eigenvalue weighted by Crippen LogP contribution is 2.30. The number of imide groups is 1. The van der Waals surface area contributed by atoms with Crippen LogP contribution in [-0.2, 0) is 9.59 Å². The summed E-state index contributed by atoms with van der Waals surface area (Å²) in [5, 5.41) is 3.07. The summed E-state index contributed by atoms with van der Waals surface area (Å²) in [6.45, 7) is 3.92. The highest BCUT2D eigenvalue weighted by molar-refractivity contribution is 6.36. The molecule has 0 aromatic heterocycles. The number of aryl methyl sites for hydroxylation is 2. The lowest BCUT2D eigenvalue weighted by molar-refractivity contribution is -0.135. The van der Waals surface area contributed by atoms with E-state index in [0.717, 1.165) is 21.7 Å². The van der Waals surface area contributed by atoms with E-state index in [1.807, 2.05) is 32.0 Å². The maximum Gasteiger partial charge on any atom is 0.277 e. The zero-order valence-electron chi connectivity index (χ0n) is 13.7. The number of nitrogens with one attached hydrogen (secondary N) is 1. The standard InChI is InChI=1S/C19H17FN2O2/c1-11-8-12(2)10-15(9-11)21-17-16(18(23)22(3)19(17)24)13-4-6-14(20)7-5-13/h4-10,21H,1-3H3. The van der Waals surface area contributed by atoms with Gasteiger partial charge >= 0.3 is 0 Å². The van der Waals surface area contributed by atoms with Crippen LogP contribution < -0.4 is 5.32 Å². The maximum absolute atomic E-state index is 13.2. The molecular formula is C19H17FN2O2. The number of benzene rings is 2. The van der Waals surface area contributed by atoms with Gasteiger partial charge < -0.3 is 5.32 Å². The smallest absolute Gasteiger partial charge is 0.277 e. The molecule has 4 nitrogen and oxygen atoms in total. The van der Waals surface area contributed by atoms with Crippen LogP contribution in [0.15, 0.2) is 48.2 Å². The lowest BCUT2D eigenvalue weighted by Gasteiger charge is -2.10. The summed E-state index contributed by atoms with van der Waals surface area (Å²) in [4.78, 5) is 26.0. The number of rotatable bonds is 3. The average Bonchev–Trinajstić information content (AvgIpc) is 2.72. The zero-order valence-corrected chi connectivity index (χ0v) is 13.7. The van der Waals surface area contributed by atoms with E-state index >= 15 is 0 Å². The van der Waals surface area contributed by atoms with Crippen molar-refractivity contribution >= 4 is 23.1 Å². The molecule has 1 N–H and O–H groups in total. The number of likely N-dealkylation sites (N-methyl/N-ethyl adjacent to an activating group) is 1. The Labute approximate surface area is 139 Å². The quantitative estimate of drug-likeness (QED) is 0.882. The molecule has 5 heteroatoms. The number of carbonyl (C=O) groups excluding carboxylic acids is 2. The van der Waals surface area contributed by atoms with Crippen molar-refractivity contribution in [1.82, 2.24) is 4.90 Å². The Balaban J connectivity index is 2.09. The number of hydrogen-bond donors (Lipinski definition) is 1. The lowest BCUT2D eigenvalue weighted by atomic mass is 10.0. The van der Waals surface area contributed by atoms with Gasteiger partial charge in [-0.3, -0.25) is 14.5 Å². The van der Waals surface area contributed by atoms with E-state index < -0.39 is 17.6 Å². The Hall–Kier alpha value is -2.95. The van der Waals surface area contributed by atoms with Crippen LogP contribution in [0.3, 0.4) is 0 Å². The first-order valence-corrected chi connectivity index (χ1v) is 7.55. The largest absolute Gasteiger partial charge is 0.350 e. The fourth-order valence-electron chi connectivity index (χ4n) is 2.83. The first kappa shape index (κ1) is 15.9. The number of anilines is 1. The monoisotopic (exact) mass is 324 g/mol. The molecule has 0 spiro atoms. The van der Waals surface area contributed by atoms with Crippen LogP contribution in [0, 0.1) is 19.7 Å². The molecule has 0 fully saturated rings. The number of nitrogens with zero attached hydrogens (tertiary/aromatic N) is 1. The molecule has 2 aromatic rings. The molecule has 2 amide bonds. The highest BCUT2D eigenvalue weighted by Gasteiger charge is 2.36. The molecule has 0 aliphatic carbocycles. The van der Waals surface area contributed by atoms with Gasteiger partial charge in [-0.25, -0.2) is 4.39 Å². The Morgan fingerprint density at radius 3 is 2.08 bits per heavy atom. The Morgan fingerprint density at radius 2 is 1.50 bits per heavy atom. The van der Waals surface area contributed by atoms with Crippen molar-refractivity contribution in [3.63, 3.8) is 0 Å². The Morgan fingerprint density at radius 1 is 0.917 bits per heavy atom. The van der Waals surface area contributed by atoms with Gasteiger partial charge in [0.1, 0.15) is 11.5 Å². The van der Waals surface area contributed by atoms with Crippen LogP contribution in [0.5, 0.6) is 0 Å². The van der Waals surface area contributed by atoms with Crippen molar-refractivity contribution in [2.45, 2.75) is 13.8 Å². The fourth-order valence-corrected chi connectivity index (χ4v) is 2.83. The second-order valence-electron chi connectivity index (χ2n) is 5.93. The first-order valence-electron chi connectivity index (χ1n) is 7.55. The van der Waals surface area contributed by atoms with Crippen LogP contribution in [-0.4, -0.2) is 23.8 Å². The molecule has 0 unspecified atom stereocenters. The molecule has 122 valence electrons. The van der Waals surface area contributed by atoms with E-state index in [-0.39, 0.29) is 11.3 Å². The predicted octanol–water partition coefficient (Wildman–Crippen LogP) is 3.26. The first-order chi connectivity index (χ1) is 11.4. The third kappa shape index (κ3) is 2.80. The molecule has 0 radical (unpaired) electrons. The van der Waals surface area contributed by atoms with Crippen molar-refractivity contribution in [3.8, 4) is 0 Å². The summed E-state index contributed by atoms with van der Waals surface area (Å²) in [6.07, 6.45) is 0. The number of amides is 2. The van der Waals surface area contributed by atoms with E-state index in [1.54, 1.807) is 0 Å². The molecule has 0 atom stereocenters. The van der Waals surface area contributed by atoms with Gasteiger partial charge in [0.25, 0.3) is 11.8 Å². The van der Waals surface area contributed by atoms with E-state index in [1.165, 1.54) is 31.3 Å². The molecule has 3 rings (SSSR count). The third-order valence-electron chi connectivity index (χ3n) is 3.91. The summed E-state index contributed by atoms with van der Waals surface area (Å²) in [5.41, 5.74) is 3.79. The van der Waals surface area contributed by atoms with Gasteiger partial charge in [-0.1, -0.05) is 18.2 Å². The van der Waals surface area contributed by atoms with Crippen LogP contribution in [0.2, 0.25) is 0 Å². The van der Waals surface area contributed by atoms with Crippen LogP contribution in [0.25, 0.3) is 5.57 Å². The second-order valence-corrected chi connectivity index (χ2v) is 5.93. The normalized spacial score (nSPS) is 14.6. The SMILES string of the molecule is Cc1cc(C)cc(NC2=C(c3ccc(F)cc3)C(=O)N(C)C2=O)c1. The van der Waals surface area contributed by atoms with Crippen molar-refractivity contribution in [3.05, 3.63) is 70.7 Å². The summed E-state index contributed by atoms with van der Waals surface area (Å²) < 4.78 is 13.2. The van der Waals surface area contributed by atoms with E-state index in [9.17, 15) is 14.0 Å². The van der Waals surface area contributed by atoms with Gasteiger partial charge in [-0.2, -0.15) is 0 Å². The molecule has 1 aliphatic rings. The summed E-state index contributed by atoms with van der Waals surface area (Å²) in [6, 6.07) is 11.4. The van der Waals surface area contributed by atoms with E-state index in [2.05, 4.69) is 5.32 Å². The Bertz CT molecular complexity index is 849. The van der Waals surface area contributed by atoms with Gasteiger partial charge in [-0.05, 0) is 54.8 Å². The molecule has 0 saturated heterocycles. The van der Waals surface area contributed by atoms with Crippen molar-refractivity contribution in [2.75, 3.05) is 12.4 Å². The van der Waals surface area contributed by atoms with Crippen molar-refractivity contribution < 1.29 is 14.0 Å². The van der Waals surface area contributed by atoms with Crippen molar-refractivity contribution in [2.24, 2.45) is 0 Å². The van der Waals surface area contributed by atoms with Crippen LogP contribution in [0.1, 0.15) is 16.7 Å². The second kappa shape index (κ2) is 5.92. The van der Waals surface area contributed by atoms with Gasteiger partial charge in [-0.15, -0.1) is 0 Å². The van der Waals surface area contributed by atoms with Crippen LogP contribution >= 0.6 is 0 Å². The molecule has 24 heavy (non-hydrogen) atoms. The average molecular weight is 324 g/mol. The minimum Gasteiger partial charge on any atom is -0.350 e. The number of hydrogen-bond acceptors (Lipinski definition) is 3. The molecule has 0 bridgehead atoms. The summed E-state index contributed by atoms with van der Waals surface area (Å²) in [5.74, 6) is -1.20. The van der Waals surface area contributed by atoms with Gasteiger partial charge in [0.15, 0.2) is 0 Å². The van der Waals surface area contributed by atoms with E-state index in [0.29, 0.717) is 5.56 Å². The molecule has 2 aromatic carbocycles. The number of halogens is 1. The molecule has 0 saturated carbocycles. The van der Waals surface area contributed by atoms with Crippen LogP contribution in [0.4, 0.5) is 10.1 Å². The maximum atomic E-state index is 13.2. The molecular weight excluding hydrogens is 307 g/mol. The summed E-state index contributed by atoms with van der Waals surface area (Å²) in [7, 11) is 1.43. The number of carbonyl (C=O) groups is 2. The molecule has 1 aliphatic heterocycles. The predicted molar refractivity (Wildman–Crippen MR) is 90.6 cm³/mol. The minimum absolute atomic E-state index is 0.208. The summed E-state index contributed by atoms with van der Waals surface area (Å²) >= 11 is 0. The highest BCUT2D eigenvalue weighted by atomic mass is 19.1. The zero-order chi connectivity index (χ0) is 17.4.